The van der Waals surface area contributed by atoms with Gasteiger partial charge in [0, 0.05) is 0 Å². The molecule has 1 aromatic heterocycles. The third-order valence-electron chi connectivity index (χ3n) is 2.91. The monoisotopic (exact) mass is 313 g/mol. The summed E-state index contributed by atoms with van der Waals surface area (Å²) in [4.78, 5) is 17.0. The van der Waals surface area contributed by atoms with Crippen molar-refractivity contribution in [3.8, 4) is 5.75 Å². The Labute approximate surface area is 132 Å². The average molecular weight is 313 g/mol. The van der Waals surface area contributed by atoms with Gasteiger partial charge in [0.1, 0.15) is 5.75 Å². The van der Waals surface area contributed by atoms with E-state index in [1.807, 2.05) is 55.6 Å². The number of carbonyl (C=O) groups is 1. The molecule has 1 aliphatic rings. The van der Waals surface area contributed by atoms with Crippen LogP contribution in [0.3, 0.4) is 0 Å². The van der Waals surface area contributed by atoms with Crippen LogP contribution in [-0.2, 0) is 9.53 Å². The second-order valence-electron chi connectivity index (χ2n) is 5.05. The van der Waals surface area contributed by atoms with Crippen molar-refractivity contribution in [3.63, 3.8) is 0 Å². The van der Waals surface area contributed by atoms with Gasteiger partial charge in [0.25, 0.3) is 0 Å². The van der Waals surface area contributed by atoms with Crippen LogP contribution in [-0.4, -0.2) is 18.0 Å². The number of ether oxygens (including phenoxy) is 2. The van der Waals surface area contributed by atoms with Gasteiger partial charge in [-0.3, -0.25) is 0 Å². The molecule has 112 valence electrons. The third-order valence-corrected chi connectivity index (χ3v) is 3.77. The summed E-state index contributed by atoms with van der Waals surface area (Å²) in [6.07, 6.45) is 1.84. The molecule has 0 amide bonds. The van der Waals surface area contributed by atoms with Crippen molar-refractivity contribution in [1.29, 1.82) is 0 Å². The maximum atomic E-state index is 11.9. The van der Waals surface area contributed by atoms with Crippen molar-refractivity contribution in [1.82, 2.24) is 0 Å². The number of aliphatic imine (C=N–C) groups is 1. The van der Waals surface area contributed by atoms with Crippen molar-refractivity contribution in [2.24, 2.45) is 4.99 Å². The highest BCUT2D eigenvalue weighted by Crippen LogP contribution is 2.22. The Hall–Kier alpha value is -2.40. The van der Waals surface area contributed by atoms with Crippen LogP contribution in [0.1, 0.15) is 24.3 Å². The normalized spacial score (nSPS) is 16.0. The van der Waals surface area contributed by atoms with E-state index in [1.165, 1.54) is 11.3 Å². The smallest absolute Gasteiger partial charge is 0.363 e. The summed E-state index contributed by atoms with van der Waals surface area (Å²) in [5.41, 5.74) is 1.18. The van der Waals surface area contributed by atoms with E-state index >= 15 is 0 Å². The SMILES string of the molecule is CC(C)Oc1ccc(/C=C2/N=C(c3cccs3)OC2=O)cc1. The highest BCUT2D eigenvalue weighted by Gasteiger charge is 2.24. The van der Waals surface area contributed by atoms with Gasteiger partial charge in [-0.25, -0.2) is 9.79 Å². The van der Waals surface area contributed by atoms with Crippen molar-refractivity contribution in [3.05, 3.63) is 57.9 Å². The number of hydrogen-bond donors (Lipinski definition) is 0. The zero-order chi connectivity index (χ0) is 15.5. The van der Waals surface area contributed by atoms with Gasteiger partial charge >= 0.3 is 5.97 Å². The lowest BCUT2D eigenvalue weighted by atomic mass is 10.2. The second-order valence-corrected chi connectivity index (χ2v) is 6.00. The van der Waals surface area contributed by atoms with Crippen LogP contribution in [0.2, 0.25) is 0 Å². The number of carbonyl (C=O) groups excluding carboxylic acids is 1. The fourth-order valence-electron chi connectivity index (χ4n) is 1.99. The van der Waals surface area contributed by atoms with Crippen molar-refractivity contribution >= 4 is 29.3 Å². The highest BCUT2D eigenvalue weighted by atomic mass is 32.1. The van der Waals surface area contributed by atoms with Crippen LogP contribution in [0, 0.1) is 0 Å². The summed E-state index contributed by atoms with van der Waals surface area (Å²) < 4.78 is 10.8. The van der Waals surface area contributed by atoms with E-state index in [1.54, 1.807) is 6.08 Å². The fourth-order valence-corrected chi connectivity index (χ4v) is 2.64. The van der Waals surface area contributed by atoms with Crippen molar-refractivity contribution < 1.29 is 14.3 Å². The van der Waals surface area contributed by atoms with E-state index in [0.29, 0.717) is 11.6 Å². The summed E-state index contributed by atoms with van der Waals surface area (Å²) in [7, 11) is 0. The lowest BCUT2D eigenvalue weighted by Crippen LogP contribution is -2.05. The lowest BCUT2D eigenvalue weighted by molar-refractivity contribution is -0.129. The molecule has 0 radical (unpaired) electrons. The predicted molar refractivity (Wildman–Crippen MR) is 87.1 cm³/mol. The maximum Gasteiger partial charge on any atom is 0.363 e. The molecule has 0 atom stereocenters. The van der Waals surface area contributed by atoms with Crippen LogP contribution in [0.15, 0.2) is 52.5 Å². The lowest BCUT2D eigenvalue weighted by Gasteiger charge is -2.09. The van der Waals surface area contributed by atoms with E-state index < -0.39 is 5.97 Å². The van der Waals surface area contributed by atoms with Gasteiger partial charge in [-0.2, -0.15) is 0 Å². The summed E-state index contributed by atoms with van der Waals surface area (Å²) >= 11 is 1.49. The molecule has 5 heteroatoms. The molecule has 1 aliphatic heterocycles. The van der Waals surface area contributed by atoms with Crippen LogP contribution >= 0.6 is 11.3 Å². The van der Waals surface area contributed by atoms with E-state index in [4.69, 9.17) is 9.47 Å². The minimum absolute atomic E-state index is 0.131. The van der Waals surface area contributed by atoms with Gasteiger partial charge in [0.05, 0.1) is 11.0 Å². The molecule has 22 heavy (non-hydrogen) atoms. The summed E-state index contributed by atoms with van der Waals surface area (Å²) in [5, 5.41) is 1.92. The molecule has 2 heterocycles. The van der Waals surface area contributed by atoms with Crippen LogP contribution in [0.5, 0.6) is 5.75 Å². The Kier molecular flexibility index (Phi) is 4.06. The molecular formula is C17H15NO3S. The first-order chi connectivity index (χ1) is 10.6. The first kappa shape index (κ1) is 14.5. The quantitative estimate of drug-likeness (QED) is 0.636. The first-order valence-corrected chi connectivity index (χ1v) is 7.83. The van der Waals surface area contributed by atoms with Crippen LogP contribution in [0.25, 0.3) is 6.08 Å². The molecule has 0 aliphatic carbocycles. The number of benzene rings is 1. The molecule has 3 rings (SSSR count). The van der Waals surface area contributed by atoms with Crippen molar-refractivity contribution in [2.75, 3.05) is 0 Å². The second kappa shape index (κ2) is 6.15. The summed E-state index contributed by atoms with van der Waals surface area (Å²) in [6.45, 7) is 3.95. The molecule has 2 aromatic rings. The summed E-state index contributed by atoms with van der Waals surface area (Å²) in [5.74, 6) is 0.742. The number of nitrogens with zero attached hydrogens (tertiary/aromatic N) is 1. The number of rotatable bonds is 4. The minimum atomic E-state index is -0.425. The molecule has 4 nitrogen and oxygen atoms in total. The first-order valence-electron chi connectivity index (χ1n) is 6.95. The highest BCUT2D eigenvalue weighted by molar-refractivity contribution is 7.12. The number of cyclic esters (lactones) is 1. The standard InChI is InChI=1S/C17H15NO3S/c1-11(2)20-13-7-5-12(6-8-13)10-14-17(19)21-16(18-14)15-4-3-9-22-15/h3-11H,1-2H3/b14-10+. The number of thiophene rings is 1. The summed E-state index contributed by atoms with van der Waals surface area (Å²) in [6, 6.07) is 11.3. The Bertz CT molecular complexity index is 728. The predicted octanol–water partition coefficient (Wildman–Crippen LogP) is 3.88. The average Bonchev–Trinajstić information content (AvgIpc) is 3.11. The largest absolute Gasteiger partial charge is 0.491 e. The zero-order valence-electron chi connectivity index (χ0n) is 12.3. The third kappa shape index (κ3) is 3.26. The van der Waals surface area contributed by atoms with E-state index in [9.17, 15) is 4.79 Å². The Balaban J connectivity index is 1.81. The van der Waals surface area contributed by atoms with E-state index in [-0.39, 0.29) is 6.10 Å². The van der Waals surface area contributed by atoms with Gasteiger partial charge < -0.3 is 9.47 Å². The molecule has 0 bridgehead atoms. The van der Waals surface area contributed by atoms with Gasteiger partial charge in [0.15, 0.2) is 5.70 Å². The molecule has 1 aromatic carbocycles. The van der Waals surface area contributed by atoms with Crippen molar-refractivity contribution in [2.45, 2.75) is 20.0 Å². The molecule has 0 spiro atoms. The molecule has 0 saturated carbocycles. The van der Waals surface area contributed by atoms with Gasteiger partial charge in [-0.05, 0) is 49.1 Å². The van der Waals surface area contributed by atoms with E-state index in [0.717, 1.165) is 16.2 Å². The van der Waals surface area contributed by atoms with Crippen LogP contribution < -0.4 is 4.74 Å². The number of hydrogen-bond acceptors (Lipinski definition) is 5. The Morgan fingerprint density at radius 3 is 2.64 bits per heavy atom. The molecular weight excluding hydrogens is 298 g/mol. The van der Waals surface area contributed by atoms with Gasteiger partial charge in [-0.15, -0.1) is 11.3 Å². The van der Waals surface area contributed by atoms with Crippen LogP contribution in [0.4, 0.5) is 0 Å². The Morgan fingerprint density at radius 2 is 2.00 bits per heavy atom. The molecule has 0 N–H and O–H groups in total. The number of esters is 1. The van der Waals surface area contributed by atoms with Gasteiger partial charge in [-0.1, -0.05) is 18.2 Å². The Morgan fingerprint density at radius 1 is 1.23 bits per heavy atom. The molecule has 0 unspecified atom stereocenters. The van der Waals surface area contributed by atoms with Gasteiger partial charge in [0.2, 0.25) is 5.90 Å². The zero-order valence-corrected chi connectivity index (χ0v) is 13.1. The molecule has 0 fully saturated rings. The molecule has 0 saturated heterocycles. The van der Waals surface area contributed by atoms with E-state index in [2.05, 4.69) is 4.99 Å². The topological polar surface area (TPSA) is 47.9 Å². The maximum absolute atomic E-state index is 11.9. The fraction of sp³-hybridized carbons (Fsp3) is 0.176. The minimum Gasteiger partial charge on any atom is -0.491 e.